The summed E-state index contributed by atoms with van der Waals surface area (Å²) < 4.78 is 43.4. The number of aliphatic hydroxyl groups excluding tert-OH is 1. The number of carbonyl (C=O) groups is 1. The molecule has 12 nitrogen and oxygen atoms in total. The summed E-state index contributed by atoms with van der Waals surface area (Å²) in [6, 6.07) is 1.94. The molecule has 1 unspecified atom stereocenters. The van der Waals surface area contributed by atoms with Crippen LogP contribution in [0.15, 0.2) is 36.1 Å². The molecule has 1 aliphatic heterocycles. The molecule has 1 saturated heterocycles. The van der Waals surface area contributed by atoms with Crippen molar-refractivity contribution in [2.24, 2.45) is 0 Å². The van der Waals surface area contributed by atoms with Crippen LogP contribution in [0.25, 0.3) is 22.0 Å². The van der Waals surface area contributed by atoms with Gasteiger partial charge in [0, 0.05) is 49.6 Å². The van der Waals surface area contributed by atoms with Crippen molar-refractivity contribution in [2.75, 3.05) is 44.8 Å². The van der Waals surface area contributed by atoms with E-state index >= 15 is 0 Å². The van der Waals surface area contributed by atoms with E-state index < -0.39 is 23.8 Å². The van der Waals surface area contributed by atoms with Crippen molar-refractivity contribution >= 4 is 22.9 Å². The monoisotopic (exact) mass is 642 g/mol. The Morgan fingerprint density at radius 1 is 1.13 bits per heavy atom. The highest BCUT2D eigenvalue weighted by molar-refractivity contribution is 7.13. The number of β-amino-alcohol motifs (C(OH)–C–C–N with tert-alkyl or cyclic N) is 1. The Morgan fingerprint density at radius 3 is 2.71 bits per heavy atom. The zero-order valence-corrected chi connectivity index (χ0v) is 25.8. The third-order valence-electron chi connectivity index (χ3n) is 8.02. The number of ether oxygens (including phenoxy) is 2. The zero-order chi connectivity index (χ0) is 31.3. The predicted molar refractivity (Wildman–Crippen MR) is 163 cm³/mol. The number of thiazole rings is 1. The molecule has 15 heteroatoms. The first kappa shape index (κ1) is 31.4. The van der Waals surface area contributed by atoms with E-state index in [9.17, 15) is 18.7 Å². The summed E-state index contributed by atoms with van der Waals surface area (Å²) in [6.45, 7) is 6.38. The fraction of sp³-hybridized carbons (Fsp3) is 0.500. The van der Waals surface area contributed by atoms with Crippen molar-refractivity contribution in [3.63, 3.8) is 0 Å². The van der Waals surface area contributed by atoms with Crippen molar-refractivity contribution in [1.29, 1.82) is 0 Å². The van der Waals surface area contributed by atoms with Crippen LogP contribution in [0.5, 0.6) is 0 Å². The van der Waals surface area contributed by atoms with Gasteiger partial charge in [-0.25, -0.2) is 14.4 Å². The Labute approximate surface area is 263 Å². The number of pyridine rings is 1. The minimum atomic E-state index is -0.853. The highest BCUT2D eigenvalue weighted by Gasteiger charge is 2.27. The first-order chi connectivity index (χ1) is 21.9. The van der Waals surface area contributed by atoms with Gasteiger partial charge in [-0.1, -0.05) is 0 Å². The number of halogens is 2. The molecule has 2 aliphatic rings. The van der Waals surface area contributed by atoms with Gasteiger partial charge in [-0.15, -0.1) is 11.3 Å². The van der Waals surface area contributed by atoms with Gasteiger partial charge in [0.1, 0.15) is 22.1 Å². The van der Waals surface area contributed by atoms with Gasteiger partial charge in [0.05, 0.1) is 49.9 Å². The lowest BCUT2D eigenvalue weighted by atomic mass is 9.93. The van der Waals surface area contributed by atoms with Crippen LogP contribution in [-0.4, -0.2) is 97.1 Å². The zero-order valence-electron chi connectivity index (χ0n) is 24.9. The maximum atomic E-state index is 14.8. The van der Waals surface area contributed by atoms with Crippen molar-refractivity contribution in [2.45, 2.75) is 57.4 Å². The van der Waals surface area contributed by atoms with E-state index in [0.717, 1.165) is 50.9 Å². The van der Waals surface area contributed by atoms with E-state index in [1.165, 1.54) is 11.3 Å². The van der Waals surface area contributed by atoms with Crippen LogP contribution in [0.2, 0.25) is 0 Å². The number of morpholine rings is 1. The summed E-state index contributed by atoms with van der Waals surface area (Å²) >= 11 is 1.27. The number of aromatic nitrogens is 6. The average molecular weight is 643 g/mol. The van der Waals surface area contributed by atoms with Gasteiger partial charge in [-0.3, -0.25) is 19.1 Å². The summed E-state index contributed by atoms with van der Waals surface area (Å²) in [5, 5.41) is 24.5. The van der Waals surface area contributed by atoms with E-state index in [1.807, 2.05) is 6.92 Å². The van der Waals surface area contributed by atoms with Crippen molar-refractivity contribution in [1.82, 2.24) is 34.4 Å². The Bertz CT molecular complexity index is 1600. The molecule has 2 fully saturated rings. The molecule has 2 N–H and O–H groups in total. The first-order valence-corrected chi connectivity index (χ1v) is 16.0. The van der Waals surface area contributed by atoms with Gasteiger partial charge in [-0.2, -0.15) is 14.6 Å². The molecular weight excluding hydrogens is 606 g/mol. The van der Waals surface area contributed by atoms with Crippen LogP contribution in [0.1, 0.15) is 49.1 Å². The third kappa shape index (κ3) is 7.61. The number of anilines is 1. The molecule has 0 aromatic carbocycles. The molecular formula is C30H36F2N8O4S. The SMILES string of the molecule is CCOC1CCC(n2cc(NC(=O)c3csc(-c4cnn(CC(O)CN5CCOCC5)c4)n3)c(-c3nc(F)ccc3F)n2)CC1. The first-order valence-electron chi connectivity index (χ1n) is 15.2. The number of amides is 1. The Balaban J connectivity index is 1.16. The van der Waals surface area contributed by atoms with Gasteiger partial charge in [-0.05, 0) is 44.7 Å². The second-order valence-corrected chi connectivity index (χ2v) is 12.1. The lowest BCUT2D eigenvalue weighted by Gasteiger charge is -2.28. The summed E-state index contributed by atoms with van der Waals surface area (Å²) in [4.78, 5) is 23.8. The second kappa shape index (κ2) is 14.2. The van der Waals surface area contributed by atoms with Gasteiger partial charge >= 0.3 is 0 Å². The van der Waals surface area contributed by atoms with Gasteiger partial charge < -0.3 is 19.9 Å². The molecule has 1 atom stereocenters. The van der Waals surface area contributed by atoms with Crippen LogP contribution in [0.3, 0.4) is 0 Å². The molecule has 0 spiro atoms. The van der Waals surface area contributed by atoms with Gasteiger partial charge in [0.25, 0.3) is 5.91 Å². The van der Waals surface area contributed by atoms with Crippen LogP contribution < -0.4 is 5.32 Å². The number of nitrogens with zero attached hydrogens (tertiary/aromatic N) is 7. The number of rotatable bonds is 11. The average Bonchev–Trinajstić information content (AvgIpc) is 3.80. The summed E-state index contributed by atoms with van der Waals surface area (Å²) in [5.74, 6) is -2.13. The molecule has 0 bridgehead atoms. The second-order valence-electron chi connectivity index (χ2n) is 11.2. The minimum Gasteiger partial charge on any atom is -0.390 e. The Kier molecular flexibility index (Phi) is 9.90. The summed E-state index contributed by atoms with van der Waals surface area (Å²) in [5.41, 5.74) is 0.827. The predicted octanol–water partition coefficient (Wildman–Crippen LogP) is 4.01. The number of nitrogens with one attached hydrogen (secondary N) is 1. The number of hydrogen-bond donors (Lipinski definition) is 2. The minimum absolute atomic E-state index is 0.0116. The van der Waals surface area contributed by atoms with Crippen LogP contribution in [-0.2, 0) is 16.0 Å². The molecule has 6 rings (SSSR count). The van der Waals surface area contributed by atoms with Crippen LogP contribution in [0.4, 0.5) is 14.5 Å². The largest absolute Gasteiger partial charge is 0.390 e. The molecule has 0 radical (unpaired) electrons. The van der Waals surface area contributed by atoms with Crippen LogP contribution in [0, 0.1) is 11.8 Å². The molecule has 1 saturated carbocycles. The Hall–Kier alpha value is -3.63. The van der Waals surface area contributed by atoms with Gasteiger partial charge in [0.15, 0.2) is 5.82 Å². The quantitative estimate of drug-likeness (QED) is 0.233. The molecule has 45 heavy (non-hydrogen) atoms. The molecule has 4 aromatic rings. The van der Waals surface area contributed by atoms with E-state index in [0.29, 0.717) is 43.5 Å². The lowest BCUT2D eigenvalue weighted by molar-refractivity contribution is 0.0108. The lowest BCUT2D eigenvalue weighted by Crippen LogP contribution is -2.42. The number of hydrogen-bond acceptors (Lipinski definition) is 10. The third-order valence-corrected chi connectivity index (χ3v) is 8.92. The van der Waals surface area contributed by atoms with Gasteiger partial charge in [0.2, 0.25) is 5.95 Å². The molecule has 240 valence electrons. The smallest absolute Gasteiger partial charge is 0.275 e. The van der Waals surface area contributed by atoms with E-state index in [4.69, 9.17) is 9.47 Å². The highest BCUT2D eigenvalue weighted by atomic mass is 32.1. The number of carbonyl (C=O) groups excluding carboxylic acids is 1. The summed E-state index contributed by atoms with van der Waals surface area (Å²) in [6.07, 6.45) is 7.96. The molecule has 1 aliphatic carbocycles. The van der Waals surface area contributed by atoms with Crippen molar-refractivity contribution < 1.29 is 28.2 Å². The van der Waals surface area contributed by atoms with Crippen molar-refractivity contribution in [3.05, 3.63) is 53.6 Å². The van der Waals surface area contributed by atoms with Crippen LogP contribution >= 0.6 is 11.3 Å². The van der Waals surface area contributed by atoms with E-state index in [-0.39, 0.29) is 34.9 Å². The summed E-state index contributed by atoms with van der Waals surface area (Å²) in [7, 11) is 0. The normalized spacial score (nSPS) is 19.9. The molecule has 1 amide bonds. The fourth-order valence-corrected chi connectivity index (χ4v) is 6.54. The maximum absolute atomic E-state index is 14.8. The number of aliphatic hydroxyl groups is 1. The van der Waals surface area contributed by atoms with E-state index in [1.54, 1.807) is 33.3 Å². The Morgan fingerprint density at radius 2 is 1.93 bits per heavy atom. The van der Waals surface area contributed by atoms with Crippen molar-refractivity contribution in [3.8, 4) is 22.0 Å². The topological polar surface area (TPSA) is 132 Å². The highest BCUT2D eigenvalue weighted by Crippen LogP contribution is 2.34. The van der Waals surface area contributed by atoms with E-state index in [2.05, 4.69) is 30.4 Å². The molecule has 5 heterocycles. The fourth-order valence-electron chi connectivity index (χ4n) is 5.77. The standard InChI is InChI=1S/C30H36F2N8O4S/c1-2-44-22-5-3-20(4-6-22)40-17-24(28(37-40)27-23(31)7-8-26(32)36-27)34-29(42)25-18-45-30(35-25)19-13-33-39(14-19)16-21(41)15-38-9-11-43-12-10-38/h7-8,13-14,17-18,20-22,41H,2-6,9-12,15-16H2,1H3,(H,34,42). The molecule has 4 aromatic heterocycles. The maximum Gasteiger partial charge on any atom is 0.275 e.